The molecular formula is C54H60O12. The van der Waals surface area contributed by atoms with Crippen LogP contribution in [0.1, 0.15) is 72.5 Å². The van der Waals surface area contributed by atoms with Gasteiger partial charge < -0.3 is 56.8 Å². The Balaban J connectivity index is 1.02. The molecule has 4 aliphatic heterocycles. The third-order valence-electron chi connectivity index (χ3n) is 13.1. The molecule has 5 aliphatic rings. The number of ether oxygens (including phenoxy) is 12. The van der Waals surface area contributed by atoms with Gasteiger partial charge in [0.05, 0.1) is 46.2 Å². The monoisotopic (exact) mass is 900 g/mol. The smallest absolute Gasteiger partial charge is 0.187 e. The van der Waals surface area contributed by atoms with Gasteiger partial charge in [-0.3, -0.25) is 0 Å². The number of benzene rings is 5. The summed E-state index contributed by atoms with van der Waals surface area (Å²) in [6.07, 6.45) is -3.36. The van der Waals surface area contributed by atoms with Crippen molar-refractivity contribution in [3.05, 3.63) is 173 Å². The van der Waals surface area contributed by atoms with Gasteiger partial charge >= 0.3 is 0 Å². The highest BCUT2D eigenvalue weighted by atomic mass is 16.8. The van der Waals surface area contributed by atoms with E-state index in [1.165, 1.54) is 6.42 Å². The standard InChI is InChI=1S/C54H60O12/c1-55-41-29-27-38(28-30-41)33-58-49-47(56-31-36-17-7-2-8-18-36)45-43(34-59-51(64-45)39-21-11-4-12-22-39)62-53(49)66-50-48(57-32-37-19-9-3-10-20-37)46-44(63-54(50)61-42-25-15-6-16-26-42)35-60-52(65-46)40-23-13-5-14-24-40/h2-5,7-14,17-24,27-30,42-54H,6,15-16,25-26,31-35H2,1H3/t43-,44-,45-,46-,47+,48+,49+,50+,51?,52?,53+,54-/m1/s1. The molecule has 12 nitrogen and oxygen atoms in total. The SMILES string of the molecule is COc1ccc(CO[C@@H]2[C@H](O[C@@H]3[C@H](OC4CCCCC4)O[C@@H]4COC(c5ccccc5)O[C@H]4[C@@H]3OCc3ccccc3)O[C@@H]3COC(c4ccccc4)O[C@H]3[C@@H]2OCc2ccccc2)cc1. The van der Waals surface area contributed by atoms with Crippen molar-refractivity contribution in [2.75, 3.05) is 20.3 Å². The van der Waals surface area contributed by atoms with Gasteiger partial charge in [-0.1, -0.05) is 153 Å². The van der Waals surface area contributed by atoms with Gasteiger partial charge in [-0.15, -0.1) is 0 Å². The maximum absolute atomic E-state index is 7.40. The van der Waals surface area contributed by atoms with Crippen molar-refractivity contribution >= 4 is 0 Å². The predicted octanol–water partition coefficient (Wildman–Crippen LogP) is 9.16. The zero-order valence-corrected chi connectivity index (χ0v) is 37.3. The fraction of sp³-hybridized carbons (Fsp3) is 0.444. The normalized spacial score (nSPS) is 31.3. The molecule has 1 aliphatic carbocycles. The molecule has 5 fully saturated rings. The van der Waals surface area contributed by atoms with Crippen molar-refractivity contribution < 1.29 is 56.8 Å². The predicted molar refractivity (Wildman–Crippen MR) is 242 cm³/mol. The number of fused-ring (bicyclic) bond motifs is 2. The van der Waals surface area contributed by atoms with Gasteiger partial charge in [0.25, 0.3) is 0 Å². The highest BCUT2D eigenvalue weighted by molar-refractivity contribution is 5.27. The second-order valence-electron chi connectivity index (χ2n) is 17.6. The highest BCUT2D eigenvalue weighted by Crippen LogP contribution is 2.42. The number of hydrogen-bond acceptors (Lipinski definition) is 12. The largest absolute Gasteiger partial charge is 0.497 e. The van der Waals surface area contributed by atoms with E-state index in [4.69, 9.17) is 56.8 Å². The Morgan fingerprint density at radius 2 is 0.879 bits per heavy atom. The summed E-state index contributed by atoms with van der Waals surface area (Å²) in [7, 11) is 1.65. The van der Waals surface area contributed by atoms with E-state index in [0.29, 0.717) is 13.2 Å². The summed E-state index contributed by atoms with van der Waals surface area (Å²) in [5.41, 5.74) is 4.74. The molecular weight excluding hydrogens is 841 g/mol. The van der Waals surface area contributed by atoms with Crippen LogP contribution in [0.25, 0.3) is 0 Å². The van der Waals surface area contributed by atoms with E-state index in [-0.39, 0.29) is 25.9 Å². The third kappa shape index (κ3) is 10.9. The first-order valence-electron chi connectivity index (χ1n) is 23.5. The molecule has 0 bridgehead atoms. The maximum Gasteiger partial charge on any atom is 0.187 e. The van der Waals surface area contributed by atoms with Gasteiger partial charge in [0.15, 0.2) is 25.2 Å². The van der Waals surface area contributed by atoms with Gasteiger partial charge in [-0.05, 0) is 41.7 Å². The summed E-state index contributed by atoms with van der Waals surface area (Å²) >= 11 is 0. The van der Waals surface area contributed by atoms with E-state index in [9.17, 15) is 0 Å². The first kappa shape index (κ1) is 45.3. The van der Waals surface area contributed by atoms with Crippen LogP contribution in [-0.2, 0) is 71.9 Å². The molecule has 1 saturated carbocycles. The first-order chi connectivity index (χ1) is 32.6. The van der Waals surface area contributed by atoms with Gasteiger partial charge in [0.2, 0.25) is 0 Å². The molecule has 12 atom stereocenters. The molecule has 2 unspecified atom stereocenters. The van der Waals surface area contributed by atoms with Crippen molar-refractivity contribution in [3.8, 4) is 5.75 Å². The van der Waals surface area contributed by atoms with Crippen LogP contribution in [0.15, 0.2) is 146 Å². The van der Waals surface area contributed by atoms with Crippen LogP contribution in [-0.4, -0.2) is 87.8 Å². The number of methoxy groups -OCH3 is 1. The molecule has 5 aromatic rings. The van der Waals surface area contributed by atoms with Crippen molar-refractivity contribution in [1.82, 2.24) is 0 Å². The molecule has 66 heavy (non-hydrogen) atoms. The van der Waals surface area contributed by atoms with Gasteiger partial charge in [0.1, 0.15) is 54.6 Å². The van der Waals surface area contributed by atoms with E-state index < -0.39 is 74.0 Å². The lowest BCUT2D eigenvalue weighted by molar-refractivity contribution is -0.416. The molecule has 0 radical (unpaired) electrons. The zero-order valence-electron chi connectivity index (χ0n) is 37.3. The molecule has 0 aromatic heterocycles. The Morgan fingerprint density at radius 1 is 0.439 bits per heavy atom. The second kappa shape index (κ2) is 22.0. The lowest BCUT2D eigenvalue weighted by Crippen LogP contribution is -2.68. The van der Waals surface area contributed by atoms with Crippen LogP contribution >= 0.6 is 0 Å². The minimum Gasteiger partial charge on any atom is -0.497 e. The van der Waals surface area contributed by atoms with Crippen molar-refractivity contribution in [1.29, 1.82) is 0 Å². The van der Waals surface area contributed by atoms with Crippen LogP contribution < -0.4 is 4.74 Å². The van der Waals surface area contributed by atoms with E-state index >= 15 is 0 Å². The fourth-order valence-corrected chi connectivity index (χ4v) is 9.56. The summed E-state index contributed by atoms with van der Waals surface area (Å²) in [5, 5.41) is 0. The Morgan fingerprint density at radius 3 is 1.38 bits per heavy atom. The van der Waals surface area contributed by atoms with Crippen molar-refractivity contribution in [2.45, 2.75) is 132 Å². The minimum atomic E-state index is -1.03. The van der Waals surface area contributed by atoms with E-state index in [1.807, 2.05) is 146 Å². The summed E-state index contributed by atoms with van der Waals surface area (Å²) in [6.45, 7) is 1.31. The average molecular weight is 901 g/mol. The van der Waals surface area contributed by atoms with E-state index in [0.717, 1.165) is 59.3 Å². The van der Waals surface area contributed by atoms with E-state index in [2.05, 4.69) is 0 Å². The van der Waals surface area contributed by atoms with E-state index in [1.54, 1.807) is 7.11 Å². The van der Waals surface area contributed by atoms with Crippen LogP contribution in [0.2, 0.25) is 0 Å². The fourth-order valence-electron chi connectivity index (χ4n) is 9.56. The van der Waals surface area contributed by atoms with Crippen LogP contribution in [0.3, 0.4) is 0 Å². The Kier molecular flexibility index (Phi) is 15.1. The lowest BCUT2D eigenvalue weighted by Gasteiger charge is -2.52. The summed E-state index contributed by atoms with van der Waals surface area (Å²) in [5.74, 6) is 0.751. The highest BCUT2D eigenvalue weighted by Gasteiger charge is 2.57. The van der Waals surface area contributed by atoms with Crippen LogP contribution in [0.4, 0.5) is 0 Å². The molecule has 0 amide bonds. The second-order valence-corrected chi connectivity index (χ2v) is 17.6. The first-order valence-corrected chi connectivity index (χ1v) is 23.5. The third-order valence-corrected chi connectivity index (χ3v) is 13.1. The summed E-state index contributed by atoms with van der Waals surface area (Å²) in [6, 6.07) is 47.9. The molecule has 5 aromatic carbocycles. The summed E-state index contributed by atoms with van der Waals surface area (Å²) in [4.78, 5) is 0. The number of rotatable bonds is 16. The maximum atomic E-state index is 7.40. The van der Waals surface area contributed by atoms with Crippen molar-refractivity contribution in [3.63, 3.8) is 0 Å². The van der Waals surface area contributed by atoms with Crippen molar-refractivity contribution in [2.24, 2.45) is 0 Å². The Hall–Kier alpha value is -4.54. The minimum absolute atomic E-state index is 0.0283. The molecule has 348 valence electrons. The molecule has 10 rings (SSSR count). The molecule has 0 N–H and O–H groups in total. The van der Waals surface area contributed by atoms with Gasteiger partial charge in [0, 0.05) is 11.1 Å². The van der Waals surface area contributed by atoms with Gasteiger partial charge in [-0.2, -0.15) is 0 Å². The summed E-state index contributed by atoms with van der Waals surface area (Å²) < 4.78 is 81.4. The molecule has 12 heteroatoms. The molecule has 0 spiro atoms. The Bertz CT molecular complexity index is 2190. The van der Waals surface area contributed by atoms with Crippen LogP contribution in [0, 0.1) is 0 Å². The number of hydrogen-bond donors (Lipinski definition) is 0. The topological polar surface area (TPSA) is 111 Å². The Labute approximate surface area is 387 Å². The lowest BCUT2D eigenvalue weighted by atomic mass is 9.94. The zero-order chi connectivity index (χ0) is 44.5. The average Bonchev–Trinajstić information content (AvgIpc) is 3.38. The molecule has 4 saturated heterocycles. The van der Waals surface area contributed by atoms with Crippen LogP contribution in [0.5, 0.6) is 5.75 Å². The van der Waals surface area contributed by atoms with Gasteiger partial charge in [-0.25, -0.2) is 0 Å². The quantitative estimate of drug-likeness (QED) is 0.0942. The molecule has 4 heterocycles.